The number of aromatic nitrogens is 2. The second kappa shape index (κ2) is 16.1. The summed E-state index contributed by atoms with van der Waals surface area (Å²) in [5, 5.41) is 5.00. The van der Waals surface area contributed by atoms with Gasteiger partial charge >= 0.3 is 0 Å². The lowest BCUT2D eigenvalue weighted by Gasteiger charge is -2.34. The summed E-state index contributed by atoms with van der Waals surface area (Å²) in [4.78, 5) is 0. The molecule has 0 amide bonds. The van der Waals surface area contributed by atoms with E-state index < -0.39 is 5.41 Å². The zero-order chi connectivity index (χ0) is 49.2. The summed E-state index contributed by atoms with van der Waals surface area (Å²) in [7, 11) is 0. The van der Waals surface area contributed by atoms with Crippen LogP contribution in [-0.2, 0) is 5.41 Å². The zero-order valence-corrected chi connectivity index (χ0v) is 41.0. The maximum atomic E-state index is 2.52. The van der Waals surface area contributed by atoms with E-state index in [1.54, 1.807) is 0 Å². The van der Waals surface area contributed by atoms with Crippen molar-refractivity contribution in [1.29, 1.82) is 0 Å². The molecule has 14 aromatic rings. The van der Waals surface area contributed by atoms with Crippen molar-refractivity contribution < 1.29 is 0 Å². The van der Waals surface area contributed by atoms with Gasteiger partial charge in [-0.3, -0.25) is 0 Å². The molecule has 16 rings (SSSR count). The Morgan fingerprint density at radius 1 is 0.240 bits per heavy atom. The molecule has 0 spiro atoms. The van der Waals surface area contributed by atoms with Crippen LogP contribution in [0.3, 0.4) is 0 Å². The Kier molecular flexibility index (Phi) is 8.99. The van der Waals surface area contributed by atoms with E-state index in [4.69, 9.17) is 0 Å². The highest BCUT2D eigenvalue weighted by Gasteiger charge is 2.46. The summed E-state index contributed by atoms with van der Waals surface area (Å²) in [6.07, 6.45) is 0. The van der Waals surface area contributed by atoms with E-state index in [1.807, 2.05) is 0 Å². The highest BCUT2D eigenvalue weighted by molar-refractivity contribution is 6.18. The molecule has 0 saturated heterocycles. The zero-order valence-electron chi connectivity index (χ0n) is 41.0. The topological polar surface area (TPSA) is 9.86 Å². The summed E-state index contributed by atoms with van der Waals surface area (Å²) < 4.78 is 4.91. The van der Waals surface area contributed by atoms with Gasteiger partial charge in [0.25, 0.3) is 0 Å². The Bertz CT molecular complexity index is 4580. The van der Waals surface area contributed by atoms with Crippen LogP contribution in [-0.4, -0.2) is 9.13 Å². The number of para-hydroxylation sites is 4. The summed E-state index contributed by atoms with van der Waals surface area (Å²) in [5.41, 5.74) is 26.6. The molecule has 0 saturated carbocycles. The lowest BCUT2D eigenvalue weighted by molar-refractivity contribution is 0.769. The summed E-state index contributed by atoms with van der Waals surface area (Å²) in [5.74, 6) is 0. The van der Waals surface area contributed by atoms with E-state index in [2.05, 4.69) is 288 Å². The summed E-state index contributed by atoms with van der Waals surface area (Å²) in [6.45, 7) is 0. The average Bonchev–Trinajstić information content (AvgIpc) is 4.20. The molecule has 1 aliphatic heterocycles. The van der Waals surface area contributed by atoms with Crippen LogP contribution < -0.4 is 0 Å². The van der Waals surface area contributed by atoms with Gasteiger partial charge in [0.05, 0.1) is 33.2 Å². The minimum Gasteiger partial charge on any atom is -0.309 e. The fourth-order valence-electron chi connectivity index (χ4n) is 13.3. The first kappa shape index (κ1) is 41.8. The van der Waals surface area contributed by atoms with Crippen LogP contribution in [0.25, 0.3) is 122 Å². The molecule has 1 aliphatic carbocycles. The molecule has 2 heteroatoms. The van der Waals surface area contributed by atoms with Gasteiger partial charge < -0.3 is 9.13 Å². The van der Waals surface area contributed by atoms with Crippen LogP contribution in [0.1, 0.15) is 22.3 Å². The van der Waals surface area contributed by atoms with Gasteiger partial charge in [-0.05, 0) is 145 Å². The van der Waals surface area contributed by atoms with E-state index in [0.717, 1.165) is 5.69 Å². The maximum Gasteiger partial charge on any atom is 0.0713 e. The van der Waals surface area contributed by atoms with Crippen molar-refractivity contribution >= 4 is 43.6 Å². The Labute approximate surface area is 435 Å². The third kappa shape index (κ3) is 6.02. The normalized spacial score (nSPS) is 12.9. The van der Waals surface area contributed by atoms with Gasteiger partial charge in [-0.1, -0.05) is 212 Å². The van der Waals surface area contributed by atoms with E-state index in [9.17, 15) is 0 Å². The van der Waals surface area contributed by atoms with Gasteiger partial charge in [0, 0.05) is 38.4 Å². The molecule has 0 atom stereocenters. The second-order valence-corrected chi connectivity index (χ2v) is 20.3. The van der Waals surface area contributed by atoms with E-state index in [1.165, 1.54) is 138 Å². The van der Waals surface area contributed by atoms with Crippen molar-refractivity contribution in [2.45, 2.75) is 5.41 Å². The number of nitrogens with zero attached hydrogens (tertiary/aromatic N) is 2. The molecule has 0 fully saturated rings. The van der Waals surface area contributed by atoms with E-state index in [-0.39, 0.29) is 0 Å². The minimum absolute atomic E-state index is 0.450. The molecule has 348 valence electrons. The molecule has 0 unspecified atom stereocenters. The highest BCUT2D eigenvalue weighted by atomic mass is 15.0. The van der Waals surface area contributed by atoms with Crippen molar-refractivity contribution in [3.05, 3.63) is 301 Å². The maximum absolute atomic E-state index is 2.52. The Morgan fingerprint density at radius 3 is 1.48 bits per heavy atom. The molecule has 75 heavy (non-hydrogen) atoms. The van der Waals surface area contributed by atoms with Crippen LogP contribution in [0.5, 0.6) is 0 Å². The molecule has 0 radical (unpaired) electrons. The van der Waals surface area contributed by atoms with Crippen molar-refractivity contribution in [3.8, 4) is 78.1 Å². The molecule has 2 nitrogen and oxygen atoms in total. The predicted molar refractivity (Wildman–Crippen MR) is 313 cm³/mol. The summed E-state index contributed by atoms with van der Waals surface area (Å²) >= 11 is 0. The first-order chi connectivity index (χ1) is 37.2. The smallest absolute Gasteiger partial charge is 0.0713 e. The number of hydrogen-bond donors (Lipinski definition) is 0. The third-order valence-corrected chi connectivity index (χ3v) is 16.5. The van der Waals surface area contributed by atoms with Gasteiger partial charge in [-0.25, -0.2) is 0 Å². The number of rotatable bonds is 6. The van der Waals surface area contributed by atoms with Crippen LogP contribution >= 0.6 is 0 Å². The molecule has 0 bridgehead atoms. The molecular weight excluding hydrogens is 905 g/mol. The monoisotopic (exact) mass is 950 g/mol. The fourth-order valence-corrected chi connectivity index (χ4v) is 13.3. The average molecular weight is 951 g/mol. The van der Waals surface area contributed by atoms with Gasteiger partial charge in [-0.2, -0.15) is 0 Å². The number of hydrogen-bond acceptors (Lipinski definition) is 0. The van der Waals surface area contributed by atoms with Crippen molar-refractivity contribution in [1.82, 2.24) is 9.13 Å². The SMILES string of the molecule is c1ccc(-n2c3ccccc3c3cc(-c4cc5c6c(c4)c4ccccc4n6-c4ccccc4-c4ccc(-c6ccc(-c7cccc(C8(c9ccccc9)c9ccccc9-c9ccccc98)c7)cc6)cc4-5)ccc32)cc1. The van der Waals surface area contributed by atoms with Crippen molar-refractivity contribution in [2.24, 2.45) is 0 Å². The molecule has 2 aliphatic rings. The van der Waals surface area contributed by atoms with Gasteiger partial charge in [-0.15, -0.1) is 0 Å². The van der Waals surface area contributed by atoms with Crippen LogP contribution in [0, 0.1) is 0 Å². The lowest BCUT2D eigenvalue weighted by atomic mass is 9.67. The first-order valence-corrected chi connectivity index (χ1v) is 26.1. The number of fused-ring (bicyclic) bond motifs is 14. The number of benzene rings is 12. The first-order valence-electron chi connectivity index (χ1n) is 26.1. The Morgan fingerprint density at radius 2 is 0.747 bits per heavy atom. The van der Waals surface area contributed by atoms with Crippen molar-refractivity contribution in [3.63, 3.8) is 0 Å². The van der Waals surface area contributed by atoms with Crippen molar-refractivity contribution in [2.75, 3.05) is 0 Å². The van der Waals surface area contributed by atoms with Crippen LogP contribution in [0.4, 0.5) is 0 Å². The van der Waals surface area contributed by atoms with Gasteiger partial charge in [0.1, 0.15) is 0 Å². The van der Waals surface area contributed by atoms with E-state index >= 15 is 0 Å². The van der Waals surface area contributed by atoms with E-state index in [0.29, 0.717) is 0 Å². The summed E-state index contributed by atoms with van der Waals surface area (Å²) in [6, 6.07) is 104. The van der Waals surface area contributed by atoms with Gasteiger partial charge in [0.2, 0.25) is 0 Å². The highest BCUT2D eigenvalue weighted by Crippen LogP contribution is 2.56. The molecule has 3 heterocycles. The van der Waals surface area contributed by atoms with Gasteiger partial charge in [0.15, 0.2) is 0 Å². The molecule has 0 N–H and O–H groups in total. The minimum atomic E-state index is -0.450. The second-order valence-electron chi connectivity index (χ2n) is 20.3. The lowest BCUT2D eigenvalue weighted by Crippen LogP contribution is -2.28. The molecule has 12 aromatic carbocycles. The van der Waals surface area contributed by atoms with Crippen LogP contribution in [0.15, 0.2) is 279 Å². The Hall–Kier alpha value is -9.76. The largest absolute Gasteiger partial charge is 0.309 e. The third-order valence-electron chi connectivity index (χ3n) is 16.5. The van der Waals surface area contributed by atoms with Crippen LogP contribution in [0.2, 0.25) is 0 Å². The standard InChI is InChI=1S/C73H46N2/c1-3-19-53(20-4-1)73(66-29-12-7-24-57(66)58-25-8-13-30-67(58)73)54-21-17-18-49(42-54)47-34-36-48(37-35-47)50-38-40-56-59-26-9-15-32-69(59)75-70-33-16-11-28-61(70)64-45-52(46-65(72(64)75)62(56)43-50)51-39-41-71-63(44-51)60-27-10-14-31-68(60)74(71)55-22-5-2-6-23-55/h1-46H. The predicted octanol–water partition coefficient (Wildman–Crippen LogP) is 18.9. The molecule has 2 aromatic heterocycles. The Balaban J connectivity index is 0.849. The quantitative estimate of drug-likeness (QED) is 0.157. The fraction of sp³-hybridized carbons (Fsp3) is 0.0137. The molecular formula is C73H46N2.